The van der Waals surface area contributed by atoms with E-state index in [-0.39, 0.29) is 23.6 Å². The Balaban J connectivity index is 1.44. The number of nitrogens with zero attached hydrogens (tertiary/aromatic N) is 5. The number of ether oxygens (including phenoxy) is 1. The number of amides is 1. The van der Waals surface area contributed by atoms with Crippen molar-refractivity contribution in [2.75, 3.05) is 30.0 Å². The Hall–Kier alpha value is -3.92. The van der Waals surface area contributed by atoms with Crippen LogP contribution >= 0.6 is 0 Å². The maximum absolute atomic E-state index is 15.0. The van der Waals surface area contributed by atoms with Gasteiger partial charge in [-0.15, -0.1) is 0 Å². The molecule has 1 N–H and O–H groups in total. The third kappa shape index (κ3) is 4.51. The number of pyridine rings is 1. The van der Waals surface area contributed by atoms with Crippen molar-refractivity contribution in [2.24, 2.45) is 0 Å². The van der Waals surface area contributed by atoms with E-state index >= 15 is 0 Å². The topological polar surface area (TPSA) is 85.2 Å². The van der Waals surface area contributed by atoms with Crippen LogP contribution in [-0.2, 0) is 9.53 Å². The van der Waals surface area contributed by atoms with E-state index in [1.54, 1.807) is 35.4 Å². The minimum absolute atomic E-state index is 0.0192. The summed E-state index contributed by atoms with van der Waals surface area (Å²) in [5, 5.41) is 3.44. The van der Waals surface area contributed by atoms with Gasteiger partial charge < -0.3 is 19.5 Å². The number of fused-ring (bicyclic) bond motifs is 1. The molecule has 186 valence electrons. The van der Waals surface area contributed by atoms with Gasteiger partial charge in [-0.05, 0) is 51.1 Å². The Labute approximate surface area is 206 Å². The highest BCUT2D eigenvalue weighted by Gasteiger charge is 2.20. The summed E-state index contributed by atoms with van der Waals surface area (Å²) >= 11 is 0. The molecule has 1 aliphatic rings. The minimum atomic E-state index is -0.663. The highest BCUT2D eigenvalue weighted by Crippen LogP contribution is 2.32. The lowest BCUT2D eigenvalue weighted by atomic mass is 10.1. The van der Waals surface area contributed by atoms with Crippen molar-refractivity contribution in [2.45, 2.75) is 33.2 Å². The van der Waals surface area contributed by atoms with Crippen LogP contribution in [0.1, 0.15) is 32.0 Å². The van der Waals surface area contributed by atoms with E-state index in [9.17, 15) is 13.6 Å². The number of hydrogen-bond donors (Lipinski definition) is 1. The van der Waals surface area contributed by atoms with Crippen LogP contribution in [0.4, 0.5) is 26.2 Å². The Morgan fingerprint density at radius 1 is 1.06 bits per heavy atom. The molecule has 3 aromatic heterocycles. The molecule has 0 atom stereocenters. The van der Waals surface area contributed by atoms with Crippen LogP contribution in [0.15, 0.2) is 42.7 Å². The number of rotatable bonds is 5. The summed E-state index contributed by atoms with van der Waals surface area (Å²) in [4.78, 5) is 26.6. The van der Waals surface area contributed by atoms with Crippen molar-refractivity contribution in [1.82, 2.24) is 19.5 Å². The van der Waals surface area contributed by atoms with Gasteiger partial charge in [-0.3, -0.25) is 4.79 Å². The van der Waals surface area contributed by atoms with Gasteiger partial charge in [-0.2, -0.15) is 0 Å². The van der Waals surface area contributed by atoms with Gasteiger partial charge in [0.2, 0.25) is 11.9 Å². The summed E-state index contributed by atoms with van der Waals surface area (Å²) in [5.74, 6) is -0.598. The standard InChI is InChI=1S/C26H26F2N6O2/c1-15(2)34-16(3)10-19-20(27)11-17(12-22(19)34)25-21(28)14-30-26(32-25)31-23-5-4-18(13-29-23)33-7-9-36-8-6-24(33)35/h4-5,10-15H,6-9H2,1-3H3,(H,29,30,31,32). The Morgan fingerprint density at radius 3 is 2.64 bits per heavy atom. The average Bonchev–Trinajstić information content (AvgIpc) is 3.04. The predicted octanol–water partition coefficient (Wildman–Crippen LogP) is 5.16. The first-order valence-electron chi connectivity index (χ1n) is 11.8. The van der Waals surface area contributed by atoms with E-state index < -0.39 is 11.6 Å². The number of halogens is 2. The molecular weight excluding hydrogens is 466 g/mol. The summed E-state index contributed by atoms with van der Waals surface area (Å²) in [5.41, 5.74) is 2.55. The fourth-order valence-electron chi connectivity index (χ4n) is 4.55. The van der Waals surface area contributed by atoms with E-state index in [0.29, 0.717) is 54.2 Å². The number of hydrogen-bond acceptors (Lipinski definition) is 6. The van der Waals surface area contributed by atoms with Crippen LogP contribution < -0.4 is 10.2 Å². The predicted molar refractivity (Wildman–Crippen MR) is 133 cm³/mol. The SMILES string of the molecule is Cc1cc2c(F)cc(-c3nc(Nc4ccc(N5CCOCCC5=O)cn4)ncc3F)cc2n1C(C)C. The Bertz CT molecular complexity index is 1430. The molecule has 1 saturated heterocycles. The molecule has 0 bridgehead atoms. The molecule has 0 aliphatic carbocycles. The monoisotopic (exact) mass is 492 g/mol. The third-order valence-electron chi connectivity index (χ3n) is 6.15. The van der Waals surface area contributed by atoms with Gasteiger partial charge in [0, 0.05) is 29.2 Å². The molecule has 1 amide bonds. The van der Waals surface area contributed by atoms with Crippen LogP contribution in [0.3, 0.4) is 0 Å². The van der Waals surface area contributed by atoms with Gasteiger partial charge in [0.05, 0.1) is 43.2 Å². The zero-order valence-electron chi connectivity index (χ0n) is 20.3. The second-order valence-electron chi connectivity index (χ2n) is 8.96. The number of carbonyl (C=O) groups is 1. The maximum Gasteiger partial charge on any atom is 0.229 e. The summed E-state index contributed by atoms with van der Waals surface area (Å²) in [6.07, 6.45) is 2.94. The highest BCUT2D eigenvalue weighted by molar-refractivity contribution is 5.93. The number of carbonyl (C=O) groups excluding carboxylic acids is 1. The normalized spacial score (nSPS) is 14.5. The second kappa shape index (κ2) is 9.62. The molecule has 4 aromatic rings. The first kappa shape index (κ1) is 23.8. The van der Waals surface area contributed by atoms with Crippen molar-refractivity contribution in [3.8, 4) is 11.3 Å². The fraction of sp³-hybridized carbons (Fsp3) is 0.308. The Morgan fingerprint density at radius 2 is 1.89 bits per heavy atom. The third-order valence-corrected chi connectivity index (χ3v) is 6.15. The number of anilines is 3. The molecule has 10 heteroatoms. The molecule has 1 aliphatic heterocycles. The smallest absolute Gasteiger partial charge is 0.229 e. The van der Waals surface area contributed by atoms with Crippen LogP contribution in [0, 0.1) is 18.6 Å². The molecule has 4 heterocycles. The van der Waals surface area contributed by atoms with E-state index in [0.717, 1.165) is 11.9 Å². The number of benzene rings is 1. The number of aromatic nitrogens is 4. The quantitative estimate of drug-likeness (QED) is 0.414. The van der Waals surface area contributed by atoms with Crippen molar-refractivity contribution < 1.29 is 18.3 Å². The van der Waals surface area contributed by atoms with Gasteiger partial charge in [0.25, 0.3) is 0 Å². The first-order valence-corrected chi connectivity index (χ1v) is 11.8. The van der Waals surface area contributed by atoms with Crippen molar-refractivity contribution in [3.05, 3.63) is 60.1 Å². The molecule has 0 radical (unpaired) electrons. The van der Waals surface area contributed by atoms with Gasteiger partial charge in [0.1, 0.15) is 17.3 Å². The summed E-state index contributed by atoms with van der Waals surface area (Å²) < 4.78 is 37.1. The molecule has 1 aromatic carbocycles. The lowest BCUT2D eigenvalue weighted by Crippen LogP contribution is -2.31. The van der Waals surface area contributed by atoms with E-state index in [4.69, 9.17) is 4.74 Å². The Kier molecular flexibility index (Phi) is 6.36. The molecule has 5 rings (SSSR count). The number of aryl methyl sites for hydroxylation is 1. The summed E-state index contributed by atoms with van der Waals surface area (Å²) in [6.45, 7) is 7.27. The molecule has 1 fully saturated rings. The van der Waals surface area contributed by atoms with Gasteiger partial charge >= 0.3 is 0 Å². The minimum Gasteiger partial charge on any atom is -0.379 e. The highest BCUT2D eigenvalue weighted by atomic mass is 19.1. The van der Waals surface area contributed by atoms with E-state index in [2.05, 4.69) is 20.3 Å². The van der Waals surface area contributed by atoms with Crippen LogP contribution in [0.25, 0.3) is 22.2 Å². The van der Waals surface area contributed by atoms with Crippen molar-refractivity contribution in [1.29, 1.82) is 0 Å². The summed E-state index contributed by atoms with van der Waals surface area (Å²) in [6, 6.07) is 8.38. The summed E-state index contributed by atoms with van der Waals surface area (Å²) in [7, 11) is 0. The van der Waals surface area contributed by atoms with Crippen molar-refractivity contribution >= 4 is 34.3 Å². The average molecular weight is 493 g/mol. The second-order valence-corrected chi connectivity index (χ2v) is 8.96. The van der Waals surface area contributed by atoms with E-state index in [1.165, 1.54) is 6.07 Å². The molecular formula is C26H26F2N6O2. The van der Waals surface area contributed by atoms with Gasteiger partial charge in [-0.1, -0.05) is 0 Å². The van der Waals surface area contributed by atoms with Crippen LogP contribution in [0.2, 0.25) is 0 Å². The lowest BCUT2D eigenvalue weighted by Gasteiger charge is -2.19. The van der Waals surface area contributed by atoms with E-state index in [1.807, 2.05) is 25.3 Å². The van der Waals surface area contributed by atoms with Gasteiger partial charge in [0.15, 0.2) is 5.82 Å². The lowest BCUT2D eigenvalue weighted by molar-refractivity contribution is -0.118. The molecule has 8 nitrogen and oxygen atoms in total. The van der Waals surface area contributed by atoms with Crippen molar-refractivity contribution in [3.63, 3.8) is 0 Å². The van der Waals surface area contributed by atoms with Gasteiger partial charge in [-0.25, -0.2) is 23.7 Å². The maximum atomic E-state index is 15.0. The molecule has 0 spiro atoms. The van der Waals surface area contributed by atoms with Crippen LogP contribution in [0.5, 0.6) is 0 Å². The molecule has 0 saturated carbocycles. The first-order chi connectivity index (χ1) is 17.3. The zero-order chi connectivity index (χ0) is 25.4. The largest absolute Gasteiger partial charge is 0.379 e. The zero-order valence-corrected chi connectivity index (χ0v) is 20.3. The fourth-order valence-corrected chi connectivity index (χ4v) is 4.55. The molecule has 0 unspecified atom stereocenters. The molecule has 36 heavy (non-hydrogen) atoms. The van der Waals surface area contributed by atoms with Crippen LogP contribution in [-0.4, -0.2) is 45.2 Å². The number of nitrogens with one attached hydrogen (secondary N) is 1.